The molecule has 0 unspecified atom stereocenters. The third-order valence-electron chi connectivity index (χ3n) is 0. The second-order valence-electron chi connectivity index (χ2n) is 1.01. The summed E-state index contributed by atoms with van der Waals surface area (Å²) in [6.07, 6.45) is 0. The minimum atomic E-state index is -1.08. The fourth-order valence-electron chi connectivity index (χ4n) is 0. The van der Waals surface area contributed by atoms with Gasteiger partial charge < -0.3 is 15.0 Å². The third-order valence-corrected chi connectivity index (χ3v) is 0. The molecule has 0 aromatic carbocycles. The first-order valence-electron chi connectivity index (χ1n) is 1.84. The fraction of sp³-hybridized carbons (Fsp3) is 0.500. The number of rotatable bonds is 0. The van der Waals surface area contributed by atoms with Crippen molar-refractivity contribution in [2.24, 2.45) is 0 Å². The van der Waals surface area contributed by atoms with Crippen LogP contribution in [0.2, 0.25) is 0 Å². The fourth-order valence-corrected chi connectivity index (χ4v) is 0. The summed E-state index contributed by atoms with van der Waals surface area (Å²) in [5.74, 6) is -1.92. The van der Waals surface area contributed by atoms with E-state index in [1.165, 1.54) is 0 Å². The number of carboxylic acid groups (broad SMARTS) is 2. The summed E-state index contributed by atoms with van der Waals surface area (Å²) in [4.78, 5) is 17.9. The van der Waals surface area contributed by atoms with Gasteiger partial charge in [-0.3, -0.25) is 4.79 Å². The van der Waals surface area contributed by atoms with Crippen LogP contribution in [0.15, 0.2) is 0 Å². The van der Waals surface area contributed by atoms with Crippen LogP contribution in [0.5, 0.6) is 0 Å². The van der Waals surface area contributed by atoms with Crippen LogP contribution in [0.1, 0.15) is 15.3 Å². The number of hydrogen-bond donors (Lipinski definition) is 1. The second kappa shape index (κ2) is 10.8. The molecule has 5 heteroatoms. The van der Waals surface area contributed by atoms with Crippen LogP contribution in [0.25, 0.3) is 0 Å². The van der Waals surface area contributed by atoms with Gasteiger partial charge in [-0.15, -0.1) is 0 Å². The van der Waals surface area contributed by atoms with Gasteiger partial charge >= 0.3 is 29.6 Å². The number of hydrogen-bond acceptors (Lipinski definition) is 3. The van der Waals surface area contributed by atoms with Crippen molar-refractivity contribution < 1.29 is 50.8 Å². The predicted octanol–water partition coefficient (Wildman–Crippen LogP) is -3.90. The Morgan fingerprint density at radius 3 is 1.44 bits per heavy atom. The third kappa shape index (κ3) is 77800. The van der Waals surface area contributed by atoms with Gasteiger partial charge in [-0.1, -0.05) is 0 Å². The number of carbonyl (C=O) groups is 2. The summed E-state index contributed by atoms with van der Waals surface area (Å²) < 4.78 is 0. The molecular formula is C4H9NaO4. The summed E-state index contributed by atoms with van der Waals surface area (Å²) in [6.45, 7) is 2.06. The van der Waals surface area contributed by atoms with Crippen LogP contribution in [0.3, 0.4) is 0 Å². The van der Waals surface area contributed by atoms with E-state index in [2.05, 4.69) is 0 Å². The van der Waals surface area contributed by atoms with Gasteiger partial charge in [0, 0.05) is 14.3 Å². The summed E-state index contributed by atoms with van der Waals surface area (Å²) in [7, 11) is 0. The molecule has 0 aromatic rings. The average Bonchev–Trinajstić information content (AvgIpc) is 1.25. The molecule has 9 heavy (non-hydrogen) atoms. The number of carbonyl (C=O) groups excluding carboxylic acids is 1. The minimum Gasteiger partial charge on any atom is -0.550 e. The van der Waals surface area contributed by atoms with Crippen molar-refractivity contribution in [1.82, 2.24) is 0 Å². The Bertz CT molecular complexity index is 75.3. The molecular weight excluding hydrogens is 135 g/mol. The Kier molecular flexibility index (Phi) is 19.2. The van der Waals surface area contributed by atoms with Crippen molar-refractivity contribution in [3.63, 3.8) is 0 Å². The topological polar surface area (TPSA) is 77.4 Å². The normalized spacial score (nSPS) is 5.56. The summed E-state index contributed by atoms with van der Waals surface area (Å²) >= 11 is 0. The maximum atomic E-state index is 9.00. The summed E-state index contributed by atoms with van der Waals surface area (Å²) in [5, 5.41) is 16.3. The molecule has 0 bridgehead atoms. The Morgan fingerprint density at radius 1 is 1.44 bits per heavy atom. The molecule has 0 aromatic heterocycles. The average molecular weight is 144 g/mol. The molecule has 0 atom stereocenters. The second-order valence-corrected chi connectivity index (χ2v) is 1.01. The maximum Gasteiger partial charge on any atom is 1.00 e. The molecule has 0 rings (SSSR count). The summed E-state index contributed by atoms with van der Waals surface area (Å²) in [6, 6.07) is 0. The van der Waals surface area contributed by atoms with E-state index in [9.17, 15) is 0 Å². The van der Waals surface area contributed by atoms with E-state index in [4.69, 9.17) is 19.8 Å². The molecule has 0 saturated carbocycles. The molecule has 0 fully saturated rings. The smallest absolute Gasteiger partial charge is 0.550 e. The van der Waals surface area contributed by atoms with Crippen molar-refractivity contribution in [3.8, 4) is 0 Å². The molecule has 1 N–H and O–H groups in total. The Hall–Kier alpha value is -0.0600. The van der Waals surface area contributed by atoms with Gasteiger partial charge in [0.15, 0.2) is 0 Å². The molecule has 0 aliphatic heterocycles. The number of carboxylic acids is 2. The zero-order valence-electron chi connectivity index (χ0n) is 5.67. The van der Waals surface area contributed by atoms with Crippen LogP contribution in [0, 0.1) is 0 Å². The molecule has 0 saturated heterocycles. The van der Waals surface area contributed by atoms with Crippen molar-refractivity contribution in [2.45, 2.75) is 13.8 Å². The minimum absolute atomic E-state index is 0. The molecule has 0 aliphatic rings. The summed E-state index contributed by atoms with van der Waals surface area (Å²) in [5.41, 5.74) is 0. The molecule has 4 nitrogen and oxygen atoms in total. The van der Waals surface area contributed by atoms with E-state index in [1.54, 1.807) is 0 Å². The van der Waals surface area contributed by atoms with Crippen molar-refractivity contribution in [2.75, 3.05) is 0 Å². The van der Waals surface area contributed by atoms with Gasteiger partial charge in [0.1, 0.15) is 0 Å². The van der Waals surface area contributed by atoms with E-state index in [1.807, 2.05) is 0 Å². The van der Waals surface area contributed by atoms with Gasteiger partial charge in [-0.2, -0.15) is 0 Å². The zero-order chi connectivity index (χ0) is 7.15. The molecule has 0 heterocycles. The predicted molar refractivity (Wildman–Crippen MR) is 26.1 cm³/mol. The van der Waals surface area contributed by atoms with Crippen LogP contribution < -0.4 is 34.7 Å². The van der Waals surface area contributed by atoms with Crippen LogP contribution in [-0.2, 0) is 9.59 Å². The van der Waals surface area contributed by atoms with Gasteiger partial charge in [0.25, 0.3) is 5.97 Å². The molecule has 50 valence electrons. The SMILES string of the molecule is CC(=O)O.CC(=O)[O-].[HH].[Na+]. The van der Waals surface area contributed by atoms with E-state index >= 15 is 0 Å². The Balaban J connectivity index is -0.0000000300. The molecule has 0 spiro atoms. The van der Waals surface area contributed by atoms with E-state index in [0.717, 1.165) is 13.8 Å². The van der Waals surface area contributed by atoms with Gasteiger partial charge in [0.2, 0.25) is 0 Å². The standard InChI is InChI=1S/2C2H4O2.Na.H2/c2*1-2(3)4;;/h2*1H3,(H,3,4);;1H/q;;+1;/p-1. The zero-order valence-corrected chi connectivity index (χ0v) is 7.67. The van der Waals surface area contributed by atoms with E-state index in [-0.39, 0.29) is 31.0 Å². The van der Waals surface area contributed by atoms with Gasteiger partial charge in [-0.25, -0.2) is 0 Å². The van der Waals surface area contributed by atoms with E-state index < -0.39 is 11.9 Å². The van der Waals surface area contributed by atoms with Crippen LogP contribution in [0.4, 0.5) is 0 Å². The first-order valence-corrected chi connectivity index (χ1v) is 1.84. The Morgan fingerprint density at radius 2 is 1.44 bits per heavy atom. The monoisotopic (exact) mass is 144 g/mol. The molecule has 0 aliphatic carbocycles. The largest absolute Gasteiger partial charge is 1.00 e. The number of aliphatic carboxylic acids is 2. The van der Waals surface area contributed by atoms with Gasteiger partial charge in [-0.05, 0) is 6.92 Å². The molecule has 0 radical (unpaired) electrons. The first-order chi connectivity index (χ1) is 3.46. The van der Waals surface area contributed by atoms with Gasteiger partial charge in [0.05, 0.1) is 0 Å². The van der Waals surface area contributed by atoms with Crippen LogP contribution in [-0.4, -0.2) is 17.0 Å². The first kappa shape index (κ1) is 16.0. The quantitative estimate of drug-likeness (QED) is 0.352. The van der Waals surface area contributed by atoms with E-state index in [0.29, 0.717) is 0 Å². The molecule has 0 amide bonds. The maximum absolute atomic E-state index is 9.00. The van der Waals surface area contributed by atoms with Crippen molar-refractivity contribution >= 4 is 11.9 Å². The van der Waals surface area contributed by atoms with Crippen LogP contribution >= 0.6 is 0 Å². The van der Waals surface area contributed by atoms with Crippen molar-refractivity contribution in [3.05, 3.63) is 0 Å². The van der Waals surface area contributed by atoms with Crippen molar-refractivity contribution in [1.29, 1.82) is 0 Å². The Labute approximate surface area is 76.6 Å².